The van der Waals surface area contributed by atoms with E-state index < -0.39 is 0 Å². The maximum Gasteiger partial charge on any atom is 0.229 e. The Morgan fingerprint density at radius 3 is 2.43 bits per heavy atom. The lowest BCUT2D eigenvalue weighted by Gasteiger charge is -2.09. The van der Waals surface area contributed by atoms with E-state index in [-0.39, 0.29) is 12.0 Å². The summed E-state index contributed by atoms with van der Waals surface area (Å²) >= 11 is 0. The highest BCUT2D eigenvalue weighted by molar-refractivity contribution is 5.39. The quantitative estimate of drug-likeness (QED) is 0.657. The third-order valence-electron chi connectivity index (χ3n) is 1.41. The van der Waals surface area contributed by atoms with Crippen LogP contribution in [0.5, 0.6) is 0 Å². The van der Waals surface area contributed by atoms with Gasteiger partial charge in [0.25, 0.3) is 0 Å². The van der Waals surface area contributed by atoms with Crippen LogP contribution in [0.2, 0.25) is 0 Å². The summed E-state index contributed by atoms with van der Waals surface area (Å²) in [6, 6.07) is 0.270. The van der Waals surface area contributed by atoms with Gasteiger partial charge in [-0.1, -0.05) is 0 Å². The third kappa shape index (κ3) is 3.04. The van der Waals surface area contributed by atoms with Crippen molar-refractivity contribution < 1.29 is 0 Å². The summed E-state index contributed by atoms with van der Waals surface area (Å²) in [4.78, 5) is 12.0. The second kappa shape index (κ2) is 4.59. The molecule has 1 heterocycles. The largest absolute Gasteiger partial charge is 0.368 e. The molecular weight excluding hydrogens is 180 g/mol. The molecule has 0 amide bonds. The molecule has 0 saturated heterocycles. The van der Waals surface area contributed by atoms with E-state index in [1.54, 1.807) is 0 Å². The molecule has 0 fully saturated rings. The van der Waals surface area contributed by atoms with Crippen molar-refractivity contribution in [3.8, 4) is 0 Å². The molecule has 0 radical (unpaired) electrons. The zero-order chi connectivity index (χ0) is 10.6. The van der Waals surface area contributed by atoms with E-state index in [9.17, 15) is 0 Å². The van der Waals surface area contributed by atoms with Gasteiger partial charge in [0.15, 0.2) is 0 Å². The van der Waals surface area contributed by atoms with Crippen LogP contribution in [-0.4, -0.2) is 27.5 Å². The van der Waals surface area contributed by atoms with Crippen LogP contribution in [0.1, 0.15) is 20.8 Å². The van der Waals surface area contributed by atoms with Gasteiger partial charge >= 0.3 is 0 Å². The van der Waals surface area contributed by atoms with Gasteiger partial charge in [0.05, 0.1) is 0 Å². The Bertz CT molecular complexity index is 298. The van der Waals surface area contributed by atoms with E-state index in [0.29, 0.717) is 11.9 Å². The fourth-order valence-electron chi connectivity index (χ4n) is 0.952. The predicted molar refractivity (Wildman–Crippen MR) is 57.2 cm³/mol. The molecule has 1 rings (SSSR count). The Morgan fingerprint density at radius 1 is 1.21 bits per heavy atom. The number of hydrogen-bond acceptors (Lipinski definition) is 6. The van der Waals surface area contributed by atoms with Gasteiger partial charge in [-0.05, 0) is 20.8 Å². The van der Waals surface area contributed by atoms with E-state index >= 15 is 0 Å². The van der Waals surface area contributed by atoms with Crippen molar-refractivity contribution in [1.29, 1.82) is 0 Å². The Kier molecular flexibility index (Phi) is 3.44. The molecule has 0 spiro atoms. The zero-order valence-corrected chi connectivity index (χ0v) is 8.70. The first-order valence-electron chi connectivity index (χ1n) is 4.63. The molecule has 0 unspecified atom stereocenters. The first-order chi connectivity index (χ1) is 6.61. The molecule has 14 heavy (non-hydrogen) atoms. The summed E-state index contributed by atoms with van der Waals surface area (Å²) < 4.78 is 0. The van der Waals surface area contributed by atoms with Crippen LogP contribution in [0.15, 0.2) is 0 Å². The highest BCUT2D eigenvalue weighted by Crippen LogP contribution is 2.07. The number of nitrogen functional groups attached to an aromatic ring is 1. The van der Waals surface area contributed by atoms with Crippen LogP contribution in [0.25, 0.3) is 0 Å². The van der Waals surface area contributed by atoms with Crippen LogP contribution in [-0.2, 0) is 0 Å². The molecule has 1 aromatic rings. The van der Waals surface area contributed by atoms with E-state index in [1.165, 1.54) is 0 Å². The second-order valence-corrected chi connectivity index (χ2v) is 3.17. The summed E-state index contributed by atoms with van der Waals surface area (Å²) in [5, 5.41) is 6.04. The molecular formula is C8H16N6. The summed E-state index contributed by atoms with van der Waals surface area (Å²) in [5.74, 6) is 1.23. The fraction of sp³-hybridized carbons (Fsp3) is 0.625. The first kappa shape index (κ1) is 10.5. The van der Waals surface area contributed by atoms with Gasteiger partial charge in [-0.2, -0.15) is 15.0 Å². The van der Waals surface area contributed by atoms with Crippen molar-refractivity contribution in [2.75, 3.05) is 22.9 Å². The molecule has 0 aliphatic rings. The van der Waals surface area contributed by atoms with E-state index in [2.05, 4.69) is 25.6 Å². The minimum atomic E-state index is 0.221. The van der Waals surface area contributed by atoms with Crippen molar-refractivity contribution >= 4 is 17.8 Å². The molecule has 0 aromatic carbocycles. The maximum atomic E-state index is 5.52. The number of nitrogens with one attached hydrogen (secondary N) is 2. The van der Waals surface area contributed by atoms with Gasteiger partial charge in [-0.3, -0.25) is 0 Å². The molecule has 4 N–H and O–H groups in total. The van der Waals surface area contributed by atoms with Crippen LogP contribution >= 0.6 is 0 Å². The van der Waals surface area contributed by atoms with Crippen molar-refractivity contribution in [3.63, 3.8) is 0 Å². The lowest BCUT2D eigenvalue weighted by atomic mass is 10.4. The van der Waals surface area contributed by atoms with Gasteiger partial charge in [0.1, 0.15) is 0 Å². The number of nitrogens with zero attached hydrogens (tertiary/aromatic N) is 3. The Hall–Kier alpha value is -1.59. The van der Waals surface area contributed by atoms with E-state index in [1.807, 2.05) is 20.8 Å². The van der Waals surface area contributed by atoms with Gasteiger partial charge in [-0.25, -0.2) is 0 Å². The highest BCUT2D eigenvalue weighted by atomic mass is 15.2. The molecule has 78 valence electrons. The van der Waals surface area contributed by atoms with E-state index in [4.69, 9.17) is 5.73 Å². The molecule has 6 heteroatoms. The van der Waals surface area contributed by atoms with Crippen molar-refractivity contribution in [2.45, 2.75) is 26.8 Å². The van der Waals surface area contributed by atoms with Gasteiger partial charge in [0, 0.05) is 12.6 Å². The Balaban J connectivity index is 2.83. The molecule has 6 nitrogen and oxygen atoms in total. The first-order valence-corrected chi connectivity index (χ1v) is 4.63. The number of nitrogens with two attached hydrogens (primary N) is 1. The second-order valence-electron chi connectivity index (χ2n) is 3.17. The van der Waals surface area contributed by atoms with Crippen LogP contribution < -0.4 is 16.4 Å². The number of aromatic nitrogens is 3. The lowest BCUT2D eigenvalue weighted by molar-refractivity contribution is 0.868. The third-order valence-corrected chi connectivity index (χ3v) is 1.41. The number of rotatable bonds is 4. The Labute approximate surface area is 83.4 Å². The minimum absolute atomic E-state index is 0.221. The molecule has 0 aliphatic heterocycles. The van der Waals surface area contributed by atoms with Crippen LogP contribution in [0, 0.1) is 0 Å². The van der Waals surface area contributed by atoms with Gasteiger partial charge in [-0.15, -0.1) is 0 Å². The zero-order valence-electron chi connectivity index (χ0n) is 8.70. The summed E-state index contributed by atoms with van der Waals surface area (Å²) in [5.41, 5.74) is 5.52. The van der Waals surface area contributed by atoms with E-state index in [0.717, 1.165) is 6.54 Å². The van der Waals surface area contributed by atoms with Gasteiger partial charge < -0.3 is 16.4 Å². The predicted octanol–water partition coefficient (Wildman–Crippen LogP) is 0.706. The van der Waals surface area contributed by atoms with Crippen LogP contribution in [0.3, 0.4) is 0 Å². The molecule has 0 saturated carbocycles. The lowest BCUT2D eigenvalue weighted by Crippen LogP contribution is -2.15. The monoisotopic (exact) mass is 196 g/mol. The van der Waals surface area contributed by atoms with Gasteiger partial charge in [0.2, 0.25) is 17.8 Å². The van der Waals surface area contributed by atoms with Crippen molar-refractivity contribution in [2.24, 2.45) is 0 Å². The number of hydrogen-bond donors (Lipinski definition) is 3. The summed E-state index contributed by atoms with van der Waals surface area (Å²) in [7, 11) is 0. The van der Waals surface area contributed by atoms with Crippen molar-refractivity contribution in [1.82, 2.24) is 15.0 Å². The SMILES string of the molecule is CCNc1nc(N)nc(NC(C)C)n1. The average molecular weight is 196 g/mol. The topological polar surface area (TPSA) is 88.8 Å². The number of anilines is 3. The fourth-order valence-corrected chi connectivity index (χ4v) is 0.952. The van der Waals surface area contributed by atoms with Crippen LogP contribution in [0.4, 0.5) is 17.8 Å². The maximum absolute atomic E-state index is 5.52. The molecule has 0 atom stereocenters. The summed E-state index contributed by atoms with van der Waals surface area (Å²) in [6.07, 6.45) is 0. The average Bonchev–Trinajstić information content (AvgIpc) is 2.01. The Morgan fingerprint density at radius 2 is 1.86 bits per heavy atom. The molecule has 0 aliphatic carbocycles. The normalized spacial score (nSPS) is 10.3. The molecule has 1 aromatic heterocycles. The summed E-state index contributed by atoms with van der Waals surface area (Å²) in [6.45, 7) is 6.74. The molecule has 0 bridgehead atoms. The van der Waals surface area contributed by atoms with Crippen molar-refractivity contribution in [3.05, 3.63) is 0 Å². The highest BCUT2D eigenvalue weighted by Gasteiger charge is 2.03. The smallest absolute Gasteiger partial charge is 0.229 e. The minimum Gasteiger partial charge on any atom is -0.368 e. The standard InChI is InChI=1S/C8H16N6/c1-4-10-7-12-6(9)13-8(14-7)11-5(2)3/h5H,4H2,1-3H3,(H4,9,10,11,12,13,14).